The van der Waals surface area contributed by atoms with Crippen molar-refractivity contribution < 1.29 is 0 Å². The molecule has 1 aromatic rings. The van der Waals surface area contributed by atoms with Gasteiger partial charge in [-0.2, -0.15) is 5.26 Å². The van der Waals surface area contributed by atoms with E-state index in [0.29, 0.717) is 0 Å². The minimum atomic E-state index is -0.0656. The molecule has 0 aliphatic heterocycles. The first-order chi connectivity index (χ1) is 6.76. The maximum atomic E-state index is 9.12. The Labute approximate surface area is 92.9 Å². The van der Waals surface area contributed by atoms with E-state index in [4.69, 9.17) is 5.26 Å². The van der Waals surface area contributed by atoms with E-state index in [2.05, 4.69) is 28.1 Å². The van der Waals surface area contributed by atoms with Crippen LogP contribution in [0.3, 0.4) is 0 Å². The zero-order valence-corrected chi connectivity index (χ0v) is 9.55. The first-order valence-corrected chi connectivity index (χ1v) is 5.70. The van der Waals surface area contributed by atoms with Gasteiger partial charge in [0, 0.05) is 4.47 Å². The Kier molecular flexibility index (Phi) is 2.60. The minimum absolute atomic E-state index is 0.0656. The minimum Gasteiger partial charge on any atom is -0.198 e. The fraction of sp³-hybridized carbons (Fsp3) is 0.417. The van der Waals surface area contributed by atoms with Crippen molar-refractivity contribution in [3.05, 3.63) is 34.3 Å². The second-order valence-corrected chi connectivity index (χ2v) is 4.87. The smallest absolute Gasteiger partial charge is 0.0693 e. The fourth-order valence-corrected chi connectivity index (χ4v) is 2.36. The van der Waals surface area contributed by atoms with Gasteiger partial charge in [0.2, 0.25) is 0 Å². The van der Waals surface area contributed by atoms with E-state index in [1.807, 2.05) is 18.2 Å². The highest BCUT2D eigenvalue weighted by atomic mass is 79.9. The third-order valence-electron chi connectivity index (χ3n) is 3.03. The highest BCUT2D eigenvalue weighted by Crippen LogP contribution is 2.43. The molecule has 0 heterocycles. The van der Waals surface area contributed by atoms with Crippen molar-refractivity contribution in [2.75, 3.05) is 0 Å². The molecule has 14 heavy (non-hydrogen) atoms. The molecule has 1 fully saturated rings. The van der Waals surface area contributed by atoms with Crippen LogP contribution < -0.4 is 0 Å². The molecule has 1 aliphatic rings. The summed E-state index contributed by atoms with van der Waals surface area (Å²) in [4.78, 5) is 0. The molecule has 0 unspecified atom stereocenters. The van der Waals surface area contributed by atoms with Crippen molar-refractivity contribution in [2.45, 2.75) is 25.7 Å². The monoisotopic (exact) mass is 249 g/mol. The maximum absolute atomic E-state index is 9.12. The standard InChI is InChI=1S/C12H12BrN/c13-11-5-2-1-4-10(11)8-12(9-14)6-3-7-12/h1-2,4-5H,3,6-8H2. The van der Waals surface area contributed by atoms with Gasteiger partial charge in [0.05, 0.1) is 11.5 Å². The Morgan fingerprint density at radius 2 is 2.07 bits per heavy atom. The van der Waals surface area contributed by atoms with Gasteiger partial charge < -0.3 is 0 Å². The lowest BCUT2D eigenvalue weighted by Gasteiger charge is -2.35. The van der Waals surface area contributed by atoms with Gasteiger partial charge >= 0.3 is 0 Å². The van der Waals surface area contributed by atoms with Gasteiger partial charge in [-0.25, -0.2) is 0 Å². The number of rotatable bonds is 2. The molecular weight excluding hydrogens is 238 g/mol. The van der Waals surface area contributed by atoms with E-state index in [9.17, 15) is 0 Å². The lowest BCUT2D eigenvalue weighted by molar-refractivity contribution is 0.214. The first kappa shape index (κ1) is 9.73. The lowest BCUT2D eigenvalue weighted by Crippen LogP contribution is -2.29. The predicted molar refractivity (Wildman–Crippen MR) is 59.7 cm³/mol. The molecular formula is C12H12BrN. The van der Waals surface area contributed by atoms with Gasteiger partial charge in [-0.1, -0.05) is 40.5 Å². The molecule has 0 aromatic heterocycles. The molecule has 0 bridgehead atoms. The number of benzene rings is 1. The van der Waals surface area contributed by atoms with Crippen molar-refractivity contribution in [3.8, 4) is 6.07 Å². The van der Waals surface area contributed by atoms with Crippen molar-refractivity contribution >= 4 is 15.9 Å². The van der Waals surface area contributed by atoms with E-state index in [0.717, 1.165) is 23.7 Å². The molecule has 1 aromatic carbocycles. The van der Waals surface area contributed by atoms with E-state index in [1.165, 1.54) is 12.0 Å². The topological polar surface area (TPSA) is 23.8 Å². The number of hydrogen-bond donors (Lipinski definition) is 0. The molecule has 1 saturated carbocycles. The van der Waals surface area contributed by atoms with Crippen molar-refractivity contribution in [1.29, 1.82) is 5.26 Å². The van der Waals surface area contributed by atoms with Gasteiger partial charge in [0.1, 0.15) is 0 Å². The SMILES string of the molecule is N#CC1(Cc2ccccc2Br)CCC1. The summed E-state index contributed by atoms with van der Waals surface area (Å²) in [6, 6.07) is 10.6. The first-order valence-electron chi connectivity index (χ1n) is 4.90. The van der Waals surface area contributed by atoms with Crippen LogP contribution in [0.2, 0.25) is 0 Å². The average Bonchev–Trinajstić information content (AvgIpc) is 2.14. The van der Waals surface area contributed by atoms with E-state index < -0.39 is 0 Å². The molecule has 2 rings (SSSR count). The highest BCUT2D eigenvalue weighted by Gasteiger charge is 2.37. The van der Waals surface area contributed by atoms with Crippen LogP contribution in [0.25, 0.3) is 0 Å². The average molecular weight is 250 g/mol. The highest BCUT2D eigenvalue weighted by molar-refractivity contribution is 9.10. The quantitative estimate of drug-likeness (QED) is 0.785. The van der Waals surface area contributed by atoms with Gasteiger partial charge in [0.25, 0.3) is 0 Å². The summed E-state index contributed by atoms with van der Waals surface area (Å²) in [6.07, 6.45) is 4.22. The molecule has 0 spiro atoms. The molecule has 0 saturated heterocycles. The van der Waals surface area contributed by atoms with E-state index in [1.54, 1.807) is 0 Å². The summed E-state index contributed by atoms with van der Waals surface area (Å²) >= 11 is 3.52. The van der Waals surface area contributed by atoms with Crippen LogP contribution >= 0.6 is 15.9 Å². The van der Waals surface area contributed by atoms with Gasteiger partial charge in [-0.05, 0) is 30.9 Å². The predicted octanol–water partition coefficient (Wildman–Crippen LogP) is 3.69. The van der Waals surface area contributed by atoms with E-state index in [-0.39, 0.29) is 5.41 Å². The Morgan fingerprint density at radius 1 is 1.36 bits per heavy atom. The van der Waals surface area contributed by atoms with Crippen LogP contribution in [0, 0.1) is 16.7 Å². The lowest BCUT2D eigenvalue weighted by atomic mass is 9.66. The van der Waals surface area contributed by atoms with E-state index >= 15 is 0 Å². The summed E-state index contributed by atoms with van der Waals surface area (Å²) in [7, 11) is 0. The van der Waals surface area contributed by atoms with Crippen LogP contribution in [-0.4, -0.2) is 0 Å². The molecule has 2 heteroatoms. The van der Waals surface area contributed by atoms with Crippen LogP contribution in [0.15, 0.2) is 28.7 Å². The van der Waals surface area contributed by atoms with Gasteiger partial charge in [-0.15, -0.1) is 0 Å². The van der Waals surface area contributed by atoms with Crippen molar-refractivity contribution in [2.24, 2.45) is 5.41 Å². The third kappa shape index (κ3) is 1.69. The number of nitrogens with zero attached hydrogens (tertiary/aromatic N) is 1. The summed E-state index contributed by atoms with van der Waals surface area (Å²) in [6.45, 7) is 0. The largest absolute Gasteiger partial charge is 0.198 e. The molecule has 0 radical (unpaired) electrons. The summed E-state index contributed by atoms with van der Waals surface area (Å²) in [5, 5.41) is 9.12. The summed E-state index contributed by atoms with van der Waals surface area (Å²) in [5.41, 5.74) is 1.19. The zero-order chi connectivity index (χ0) is 10.0. The maximum Gasteiger partial charge on any atom is 0.0693 e. The Morgan fingerprint density at radius 3 is 2.57 bits per heavy atom. The summed E-state index contributed by atoms with van der Waals surface area (Å²) in [5.74, 6) is 0. The molecule has 0 atom stereocenters. The Balaban J connectivity index is 2.19. The number of nitriles is 1. The summed E-state index contributed by atoms with van der Waals surface area (Å²) < 4.78 is 1.13. The zero-order valence-electron chi connectivity index (χ0n) is 7.96. The fourth-order valence-electron chi connectivity index (χ4n) is 1.94. The molecule has 0 N–H and O–H groups in total. The van der Waals surface area contributed by atoms with Gasteiger partial charge in [-0.3, -0.25) is 0 Å². The molecule has 1 aliphatic carbocycles. The van der Waals surface area contributed by atoms with Crippen molar-refractivity contribution in [1.82, 2.24) is 0 Å². The Hall–Kier alpha value is -0.810. The molecule has 1 nitrogen and oxygen atoms in total. The Bertz CT molecular complexity index is 374. The number of halogens is 1. The third-order valence-corrected chi connectivity index (χ3v) is 3.81. The van der Waals surface area contributed by atoms with Crippen LogP contribution in [0.4, 0.5) is 0 Å². The normalized spacial score (nSPS) is 18.3. The van der Waals surface area contributed by atoms with Crippen molar-refractivity contribution in [3.63, 3.8) is 0 Å². The molecule has 0 amide bonds. The van der Waals surface area contributed by atoms with Gasteiger partial charge in [0.15, 0.2) is 0 Å². The second-order valence-electron chi connectivity index (χ2n) is 4.01. The number of hydrogen-bond acceptors (Lipinski definition) is 1. The van der Waals surface area contributed by atoms with Crippen LogP contribution in [0.1, 0.15) is 24.8 Å². The molecule has 72 valence electrons. The van der Waals surface area contributed by atoms with Crippen LogP contribution in [-0.2, 0) is 6.42 Å². The second kappa shape index (κ2) is 3.74. The van der Waals surface area contributed by atoms with Crippen LogP contribution in [0.5, 0.6) is 0 Å².